The van der Waals surface area contributed by atoms with Gasteiger partial charge in [0.25, 0.3) is 11.2 Å². The van der Waals surface area contributed by atoms with Crippen molar-refractivity contribution in [2.45, 2.75) is 13.5 Å². The highest BCUT2D eigenvalue weighted by molar-refractivity contribution is 5.66. The normalized spacial score (nSPS) is 10.3. The number of nitrogens with one attached hydrogen (secondary N) is 2. The highest BCUT2D eigenvalue weighted by Gasteiger charge is 2.17. The van der Waals surface area contributed by atoms with E-state index < -0.39 is 16.2 Å². The summed E-state index contributed by atoms with van der Waals surface area (Å²) < 4.78 is 1.28. The quantitative estimate of drug-likeness (QED) is 0.628. The van der Waals surface area contributed by atoms with E-state index in [2.05, 4.69) is 10.3 Å². The van der Waals surface area contributed by atoms with Crippen molar-refractivity contribution in [2.24, 2.45) is 0 Å². The van der Waals surface area contributed by atoms with Crippen molar-refractivity contribution in [1.82, 2.24) is 9.55 Å². The molecule has 2 aromatic rings. The fraction of sp³-hybridized carbons (Fsp3) is 0.231. The van der Waals surface area contributed by atoms with E-state index in [0.717, 1.165) is 0 Å². The lowest BCUT2D eigenvalue weighted by molar-refractivity contribution is -0.384. The van der Waals surface area contributed by atoms with Crippen molar-refractivity contribution in [1.29, 1.82) is 0 Å². The Labute approximate surface area is 119 Å². The third-order valence-electron chi connectivity index (χ3n) is 2.92. The molecule has 0 aliphatic carbocycles. The van der Waals surface area contributed by atoms with E-state index in [0.29, 0.717) is 17.8 Å². The molecule has 0 aliphatic rings. The molecule has 1 aromatic heterocycles. The average Bonchev–Trinajstić information content (AvgIpc) is 2.43. The minimum Gasteiger partial charge on any atom is -0.379 e. The first-order chi connectivity index (χ1) is 10.0. The first-order valence-corrected chi connectivity index (χ1v) is 6.33. The number of hydrogen-bond donors (Lipinski definition) is 2. The Hall–Kier alpha value is -2.90. The molecule has 0 radical (unpaired) electrons. The monoisotopic (exact) mass is 290 g/mol. The van der Waals surface area contributed by atoms with Crippen LogP contribution in [-0.4, -0.2) is 21.0 Å². The van der Waals surface area contributed by atoms with Crippen LogP contribution in [0.5, 0.6) is 0 Å². The molecular weight excluding hydrogens is 276 g/mol. The zero-order chi connectivity index (χ0) is 15.4. The highest BCUT2D eigenvalue weighted by atomic mass is 16.6. The lowest BCUT2D eigenvalue weighted by Gasteiger charge is -2.12. The number of anilines is 1. The Morgan fingerprint density at radius 1 is 1.33 bits per heavy atom. The molecule has 1 heterocycles. The smallest absolute Gasteiger partial charge is 0.328 e. The Balaban J connectivity index is 2.48. The molecular formula is C13H14N4O4. The average molecular weight is 290 g/mol. The van der Waals surface area contributed by atoms with E-state index in [4.69, 9.17) is 0 Å². The molecule has 8 nitrogen and oxygen atoms in total. The number of nitrogens with zero attached hydrogens (tertiary/aromatic N) is 2. The molecule has 8 heteroatoms. The molecule has 110 valence electrons. The van der Waals surface area contributed by atoms with Gasteiger partial charge in [-0.2, -0.15) is 0 Å². The molecule has 0 saturated carbocycles. The number of nitro benzene ring substituents is 1. The summed E-state index contributed by atoms with van der Waals surface area (Å²) in [6.07, 6.45) is 1.36. The van der Waals surface area contributed by atoms with Crippen molar-refractivity contribution in [3.63, 3.8) is 0 Å². The van der Waals surface area contributed by atoms with Crippen LogP contribution >= 0.6 is 0 Å². The van der Waals surface area contributed by atoms with Gasteiger partial charge in [-0.25, -0.2) is 4.79 Å². The van der Waals surface area contributed by atoms with Gasteiger partial charge in [-0.05, 0) is 6.92 Å². The number of aromatic amines is 1. The molecule has 0 unspecified atom stereocenters. The van der Waals surface area contributed by atoms with Crippen LogP contribution in [0, 0.1) is 10.1 Å². The molecule has 1 aromatic carbocycles. The maximum absolute atomic E-state index is 11.7. The van der Waals surface area contributed by atoms with Gasteiger partial charge in [-0.1, -0.05) is 12.1 Å². The molecule has 0 atom stereocenters. The number of nitro groups is 1. The van der Waals surface area contributed by atoms with Crippen molar-refractivity contribution < 1.29 is 4.92 Å². The second kappa shape index (κ2) is 6.04. The Bertz CT molecular complexity index is 778. The summed E-state index contributed by atoms with van der Waals surface area (Å²) in [6.45, 7) is 2.46. The van der Waals surface area contributed by atoms with Crippen LogP contribution in [0.2, 0.25) is 0 Å². The summed E-state index contributed by atoms with van der Waals surface area (Å²) in [6, 6.07) is 5.89. The largest absolute Gasteiger partial charge is 0.379 e. The molecule has 0 spiro atoms. The van der Waals surface area contributed by atoms with Gasteiger partial charge in [-0.3, -0.25) is 24.5 Å². The van der Waals surface area contributed by atoms with Crippen LogP contribution in [0.4, 0.5) is 11.4 Å². The third kappa shape index (κ3) is 3.16. The third-order valence-corrected chi connectivity index (χ3v) is 2.92. The van der Waals surface area contributed by atoms with Crippen LogP contribution in [0.1, 0.15) is 12.5 Å². The lowest BCUT2D eigenvalue weighted by Crippen LogP contribution is -2.29. The molecule has 0 saturated heterocycles. The first-order valence-electron chi connectivity index (χ1n) is 6.33. The standard InChI is InChI=1S/C13H14N4O4/c1-2-14-12-9(4-3-5-10(12)17(20)21)8-16-7-6-11(18)15-13(16)19/h3-7,14H,2,8H2,1H3,(H,15,18,19). The van der Waals surface area contributed by atoms with E-state index in [1.165, 1.54) is 22.9 Å². The Kier molecular flexibility index (Phi) is 4.17. The van der Waals surface area contributed by atoms with Gasteiger partial charge in [0.2, 0.25) is 0 Å². The maximum atomic E-state index is 11.7. The van der Waals surface area contributed by atoms with Crippen LogP contribution in [0.15, 0.2) is 40.1 Å². The van der Waals surface area contributed by atoms with Crippen LogP contribution in [0.25, 0.3) is 0 Å². The summed E-state index contributed by atoms with van der Waals surface area (Å²) in [5.41, 5.74) is -0.117. The maximum Gasteiger partial charge on any atom is 0.328 e. The molecule has 0 bridgehead atoms. The SMILES string of the molecule is CCNc1c(Cn2ccc(=O)[nH]c2=O)cccc1[N+](=O)[O-]. The minimum absolute atomic E-state index is 0.0492. The van der Waals surface area contributed by atoms with Crippen LogP contribution in [0.3, 0.4) is 0 Å². The predicted molar refractivity (Wildman–Crippen MR) is 77.7 cm³/mol. The van der Waals surface area contributed by atoms with Crippen LogP contribution < -0.4 is 16.6 Å². The molecule has 0 aliphatic heterocycles. The van der Waals surface area contributed by atoms with Gasteiger partial charge in [0, 0.05) is 30.4 Å². The van der Waals surface area contributed by atoms with E-state index in [-0.39, 0.29) is 12.2 Å². The summed E-state index contributed by atoms with van der Waals surface area (Å²) >= 11 is 0. The molecule has 21 heavy (non-hydrogen) atoms. The van der Waals surface area contributed by atoms with Crippen molar-refractivity contribution in [3.8, 4) is 0 Å². The van der Waals surface area contributed by atoms with Gasteiger partial charge in [-0.15, -0.1) is 0 Å². The fourth-order valence-corrected chi connectivity index (χ4v) is 2.00. The van der Waals surface area contributed by atoms with Gasteiger partial charge in [0.05, 0.1) is 11.5 Å². The predicted octanol–water partition coefficient (Wildman–Crippen LogP) is 0.925. The van der Waals surface area contributed by atoms with Crippen molar-refractivity contribution >= 4 is 11.4 Å². The van der Waals surface area contributed by atoms with Crippen LogP contribution in [-0.2, 0) is 6.54 Å². The fourth-order valence-electron chi connectivity index (χ4n) is 2.00. The second-order valence-corrected chi connectivity index (χ2v) is 4.34. The molecule has 2 N–H and O–H groups in total. The van der Waals surface area contributed by atoms with Crippen molar-refractivity contribution in [3.05, 3.63) is 67.0 Å². The Morgan fingerprint density at radius 2 is 2.10 bits per heavy atom. The number of H-pyrrole nitrogens is 1. The number of rotatable bonds is 5. The zero-order valence-corrected chi connectivity index (χ0v) is 11.3. The summed E-state index contributed by atoms with van der Waals surface area (Å²) in [5, 5.41) is 14.0. The molecule has 0 amide bonds. The van der Waals surface area contributed by atoms with Gasteiger partial charge in [0.15, 0.2) is 0 Å². The minimum atomic E-state index is -0.559. The molecule has 0 fully saturated rings. The first kappa shape index (κ1) is 14.5. The van der Waals surface area contributed by atoms with Gasteiger partial charge >= 0.3 is 5.69 Å². The van der Waals surface area contributed by atoms with E-state index in [1.54, 1.807) is 12.1 Å². The van der Waals surface area contributed by atoms with Crippen molar-refractivity contribution in [2.75, 3.05) is 11.9 Å². The topological polar surface area (TPSA) is 110 Å². The zero-order valence-electron chi connectivity index (χ0n) is 11.3. The second-order valence-electron chi connectivity index (χ2n) is 4.34. The summed E-state index contributed by atoms with van der Waals surface area (Å²) in [4.78, 5) is 35.5. The van der Waals surface area contributed by atoms with Gasteiger partial charge < -0.3 is 5.32 Å². The summed E-state index contributed by atoms with van der Waals surface area (Å²) in [7, 11) is 0. The highest BCUT2D eigenvalue weighted by Crippen LogP contribution is 2.28. The Morgan fingerprint density at radius 3 is 2.71 bits per heavy atom. The summed E-state index contributed by atoms with van der Waals surface area (Å²) in [5.74, 6) is 0. The van der Waals surface area contributed by atoms with Gasteiger partial charge in [0.1, 0.15) is 5.69 Å². The van der Waals surface area contributed by atoms with E-state index in [9.17, 15) is 19.7 Å². The number of benzene rings is 1. The molecule has 2 rings (SSSR count). The van der Waals surface area contributed by atoms with E-state index >= 15 is 0 Å². The number of aromatic nitrogens is 2. The van der Waals surface area contributed by atoms with E-state index in [1.807, 2.05) is 6.92 Å². The lowest BCUT2D eigenvalue weighted by atomic mass is 10.1. The number of hydrogen-bond acceptors (Lipinski definition) is 5. The number of para-hydroxylation sites is 1.